The highest BCUT2D eigenvalue weighted by molar-refractivity contribution is 5.86. The van der Waals surface area contributed by atoms with Crippen LogP contribution in [0.5, 0.6) is 0 Å². The summed E-state index contributed by atoms with van der Waals surface area (Å²) in [7, 11) is 0. The van der Waals surface area contributed by atoms with E-state index in [1.165, 1.54) is 21.9 Å². The number of rotatable bonds is 2. The van der Waals surface area contributed by atoms with Gasteiger partial charge in [0.2, 0.25) is 0 Å². The highest BCUT2D eigenvalue weighted by Crippen LogP contribution is 2.30. The van der Waals surface area contributed by atoms with E-state index in [1.54, 1.807) is 0 Å². The molecule has 0 nitrogen and oxygen atoms in total. The maximum atomic E-state index is 2.27. The highest BCUT2D eigenvalue weighted by atomic mass is 14.1. The summed E-state index contributed by atoms with van der Waals surface area (Å²) in [6.07, 6.45) is 0. The Morgan fingerprint density at radius 2 is 1.33 bits per heavy atom. The summed E-state index contributed by atoms with van der Waals surface area (Å²) in [5.74, 6) is 0.428. The largest absolute Gasteiger partial charge is 0.0622 e. The van der Waals surface area contributed by atoms with Gasteiger partial charge in [-0.2, -0.15) is 0 Å². The molecule has 18 heavy (non-hydrogen) atoms. The summed E-state index contributed by atoms with van der Waals surface area (Å²) in [5, 5.41) is 2.68. The summed E-state index contributed by atoms with van der Waals surface area (Å²) in [6.45, 7) is 2.27. The first-order chi connectivity index (χ1) is 8.86. The van der Waals surface area contributed by atoms with Gasteiger partial charge >= 0.3 is 0 Å². The molecule has 0 aliphatic rings. The molecule has 3 aromatic carbocycles. The maximum absolute atomic E-state index is 2.27. The molecule has 3 rings (SSSR count). The first-order valence-corrected chi connectivity index (χ1v) is 6.39. The second kappa shape index (κ2) is 4.66. The van der Waals surface area contributed by atoms with Crippen molar-refractivity contribution in [3.8, 4) is 0 Å². The molecule has 0 N–H and O–H groups in total. The summed E-state index contributed by atoms with van der Waals surface area (Å²) < 4.78 is 0. The first kappa shape index (κ1) is 11.0. The van der Waals surface area contributed by atoms with Gasteiger partial charge < -0.3 is 0 Å². The number of benzene rings is 3. The fraction of sp³-hybridized carbons (Fsp3) is 0.111. The Balaban J connectivity index is 2.15. The number of hydrogen-bond acceptors (Lipinski definition) is 0. The van der Waals surface area contributed by atoms with Crippen LogP contribution in [0.25, 0.3) is 10.8 Å². The SMILES string of the molecule is C[C@@H](c1ccccc1)c1cccc2ccccc12. The zero-order valence-electron chi connectivity index (χ0n) is 10.5. The molecular weight excluding hydrogens is 216 g/mol. The van der Waals surface area contributed by atoms with Crippen molar-refractivity contribution in [3.05, 3.63) is 83.9 Å². The van der Waals surface area contributed by atoms with E-state index in [2.05, 4.69) is 79.7 Å². The molecule has 0 heterocycles. The first-order valence-electron chi connectivity index (χ1n) is 6.39. The van der Waals surface area contributed by atoms with Crippen molar-refractivity contribution in [1.29, 1.82) is 0 Å². The molecule has 0 aliphatic heterocycles. The zero-order valence-corrected chi connectivity index (χ0v) is 10.5. The molecule has 0 aliphatic carbocycles. The third kappa shape index (κ3) is 1.91. The number of fused-ring (bicyclic) bond motifs is 1. The van der Waals surface area contributed by atoms with E-state index in [1.807, 2.05) is 0 Å². The highest BCUT2D eigenvalue weighted by Gasteiger charge is 2.10. The van der Waals surface area contributed by atoms with Crippen LogP contribution in [0.3, 0.4) is 0 Å². The van der Waals surface area contributed by atoms with E-state index < -0.39 is 0 Å². The molecule has 0 bridgehead atoms. The second-order valence-corrected chi connectivity index (χ2v) is 4.70. The van der Waals surface area contributed by atoms with Crippen molar-refractivity contribution in [1.82, 2.24) is 0 Å². The van der Waals surface area contributed by atoms with Crippen LogP contribution < -0.4 is 0 Å². The Bertz CT molecular complexity index is 648. The molecule has 0 saturated heterocycles. The van der Waals surface area contributed by atoms with Crippen LogP contribution in [0.1, 0.15) is 24.0 Å². The molecule has 3 aromatic rings. The molecule has 0 spiro atoms. The summed E-state index contributed by atoms with van der Waals surface area (Å²) in [4.78, 5) is 0. The molecule has 0 fully saturated rings. The van der Waals surface area contributed by atoms with Crippen molar-refractivity contribution in [2.45, 2.75) is 12.8 Å². The van der Waals surface area contributed by atoms with Crippen molar-refractivity contribution < 1.29 is 0 Å². The predicted octanol–water partition coefficient (Wildman–Crippen LogP) is 4.99. The smallest absolute Gasteiger partial charge is 0.00671 e. The third-order valence-corrected chi connectivity index (χ3v) is 3.59. The van der Waals surface area contributed by atoms with E-state index in [9.17, 15) is 0 Å². The van der Waals surface area contributed by atoms with E-state index in [0.29, 0.717) is 5.92 Å². The lowest BCUT2D eigenvalue weighted by molar-refractivity contribution is 0.933. The van der Waals surface area contributed by atoms with Gasteiger partial charge in [-0.1, -0.05) is 79.7 Å². The van der Waals surface area contributed by atoms with Crippen LogP contribution in [-0.4, -0.2) is 0 Å². The Hall–Kier alpha value is -2.08. The van der Waals surface area contributed by atoms with Crippen LogP contribution in [0.2, 0.25) is 0 Å². The fourth-order valence-electron chi connectivity index (χ4n) is 2.55. The molecule has 0 aromatic heterocycles. The Morgan fingerprint density at radius 3 is 2.17 bits per heavy atom. The van der Waals surface area contributed by atoms with Gasteiger partial charge in [0.05, 0.1) is 0 Å². The van der Waals surface area contributed by atoms with Gasteiger partial charge in [-0.15, -0.1) is 0 Å². The lowest BCUT2D eigenvalue weighted by Crippen LogP contribution is -1.96. The van der Waals surface area contributed by atoms with E-state index in [-0.39, 0.29) is 0 Å². The molecular formula is C18H16. The van der Waals surface area contributed by atoms with Crippen LogP contribution in [-0.2, 0) is 0 Å². The van der Waals surface area contributed by atoms with Crippen LogP contribution in [0.4, 0.5) is 0 Å². The summed E-state index contributed by atoms with van der Waals surface area (Å²) in [5.41, 5.74) is 2.77. The van der Waals surface area contributed by atoms with Crippen molar-refractivity contribution in [2.24, 2.45) is 0 Å². The molecule has 0 heteroatoms. The maximum Gasteiger partial charge on any atom is 0.00671 e. The monoisotopic (exact) mass is 232 g/mol. The van der Waals surface area contributed by atoms with Crippen LogP contribution in [0, 0.1) is 0 Å². The second-order valence-electron chi connectivity index (χ2n) is 4.70. The summed E-state index contributed by atoms with van der Waals surface area (Å²) >= 11 is 0. The Morgan fingerprint density at radius 1 is 0.667 bits per heavy atom. The number of hydrogen-bond donors (Lipinski definition) is 0. The minimum Gasteiger partial charge on any atom is -0.0622 e. The lowest BCUT2D eigenvalue weighted by Gasteiger charge is -2.15. The minimum absolute atomic E-state index is 0.428. The molecule has 0 radical (unpaired) electrons. The predicted molar refractivity (Wildman–Crippen MR) is 77.9 cm³/mol. The Labute approximate surface area is 108 Å². The van der Waals surface area contributed by atoms with E-state index in [4.69, 9.17) is 0 Å². The van der Waals surface area contributed by atoms with Crippen molar-refractivity contribution in [2.75, 3.05) is 0 Å². The lowest BCUT2D eigenvalue weighted by atomic mass is 9.89. The molecule has 1 atom stereocenters. The minimum atomic E-state index is 0.428. The average molecular weight is 232 g/mol. The van der Waals surface area contributed by atoms with Gasteiger partial charge in [0.1, 0.15) is 0 Å². The molecule has 0 unspecified atom stereocenters. The normalized spacial score (nSPS) is 12.5. The third-order valence-electron chi connectivity index (χ3n) is 3.59. The van der Waals surface area contributed by atoms with Crippen molar-refractivity contribution in [3.63, 3.8) is 0 Å². The Kier molecular flexibility index (Phi) is 2.85. The standard InChI is InChI=1S/C18H16/c1-14(15-8-3-2-4-9-15)17-13-7-11-16-10-5-6-12-18(16)17/h2-14H,1H3/t14-/m0/s1. The van der Waals surface area contributed by atoms with Gasteiger partial charge in [0.25, 0.3) is 0 Å². The fourth-order valence-corrected chi connectivity index (χ4v) is 2.55. The van der Waals surface area contributed by atoms with Crippen LogP contribution in [0.15, 0.2) is 72.8 Å². The van der Waals surface area contributed by atoms with Gasteiger partial charge in [-0.3, -0.25) is 0 Å². The quantitative estimate of drug-likeness (QED) is 0.583. The van der Waals surface area contributed by atoms with E-state index >= 15 is 0 Å². The summed E-state index contributed by atoms with van der Waals surface area (Å²) in [6, 6.07) is 25.9. The van der Waals surface area contributed by atoms with E-state index in [0.717, 1.165) is 0 Å². The van der Waals surface area contributed by atoms with Gasteiger partial charge in [0, 0.05) is 5.92 Å². The molecule has 0 saturated carbocycles. The van der Waals surface area contributed by atoms with Gasteiger partial charge in [0.15, 0.2) is 0 Å². The average Bonchev–Trinajstić information content (AvgIpc) is 2.47. The molecule has 88 valence electrons. The van der Waals surface area contributed by atoms with Gasteiger partial charge in [-0.25, -0.2) is 0 Å². The van der Waals surface area contributed by atoms with Crippen molar-refractivity contribution >= 4 is 10.8 Å². The topological polar surface area (TPSA) is 0 Å². The zero-order chi connectivity index (χ0) is 12.4. The molecule has 0 amide bonds. The van der Waals surface area contributed by atoms with Crippen LogP contribution >= 0.6 is 0 Å². The van der Waals surface area contributed by atoms with Gasteiger partial charge in [-0.05, 0) is 21.9 Å².